The first-order valence-electron chi connectivity index (χ1n) is 12.1. The molecule has 3 aromatic rings. The van der Waals surface area contributed by atoms with Crippen LogP contribution in [0.15, 0.2) is 42.5 Å². The Labute approximate surface area is 210 Å². The molecule has 36 heavy (non-hydrogen) atoms. The summed E-state index contributed by atoms with van der Waals surface area (Å²) in [5.74, 6) is 0.337. The monoisotopic (exact) mass is 495 g/mol. The first-order valence-corrected chi connectivity index (χ1v) is 12.1. The number of carbonyl (C=O) groups excluding carboxylic acids is 2. The number of rotatable bonds is 11. The molecule has 10 heteroatoms. The van der Waals surface area contributed by atoms with Crippen molar-refractivity contribution in [3.63, 3.8) is 0 Å². The third-order valence-corrected chi connectivity index (χ3v) is 6.55. The van der Waals surface area contributed by atoms with Crippen LogP contribution in [0.4, 0.5) is 0 Å². The quantitative estimate of drug-likeness (QED) is 0.436. The Morgan fingerprint density at radius 2 is 1.86 bits per heavy atom. The van der Waals surface area contributed by atoms with Crippen LogP contribution in [0.1, 0.15) is 37.3 Å². The lowest BCUT2D eigenvalue weighted by atomic mass is 10.0. The molecule has 10 nitrogen and oxygen atoms in total. The standard InChI is InChI=1S/C26H33N5O5/c1-34-16-15-30(23(32)17-31-21-13-7-6-12-20(21)28-29-31)24(26(33)27-18-9-4-5-10-18)19-11-8-14-22(35-2)25(19)36-3/h6-8,11-14,18,24H,4-5,9-10,15-17H2,1-3H3,(H,27,33)/t24-/m0/s1. The predicted octanol–water partition coefficient (Wildman–Crippen LogP) is 2.72. The number of nitrogens with one attached hydrogen (secondary N) is 1. The van der Waals surface area contributed by atoms with E-state index in [1.165, 1.54) is 12.0 Å². The van der Waals surface area contributed by atoms with Gasteiger partial charge in [-0.25, -0.2) is 4.68 Å². The lowest BCUT2D eigenvalue weighted by molar-refractivity contribution is -0.142. The first kappa shape index (κ1) is 25.4. The highest BCUT2D eigenvalue weighted by molar-refractivity contribution is 5.90. The molecule has 4 rings (SSSR count). The normalized spacial score (nSPS) is 14.5. The van der Waals surface area contributed by atoms with Gasteiger partial charge in [-0.05, 0) is 31.0 Å². The van der Waals surface area contributed by atoms with Gasteiger partial charge in [-0.3, -0.25) is 9.59 Å². The highest BCUT2D eigenvalue weighted by Gasteiger charge is 2.36. The second-order valence-corrected chi connectivity index (χ2v) is 8.79. The van der Waals surface area contributed by atoms with Gasteiger partial charge in [0.15, 0.2) is 11.5 Å². The Bertz CT molecular complexity index is 1190. The van der Waals surface area contributed by atoms with E-state index in [1.807, 2.05) is 24.3 Å². The second-order valence-electron chi connectivity index (χ2n) is 8.79. The van der Waals surface area contributed by atoms with Crippen LogP contribution in [0.25, 0.3) is 11.0 Å². The van der Waals surface area contributed by atoms with Crippen LogP contribution in [-0.2, 0) is 20.9 Å². The van der Waals surface area contributed by atoms with Gasteiger partial charge in [-0.2, -0.15) is 0 Å². The van der Waals surface area contributed by atoms with Gasteiger partial charge in [0.25, 0.3) is 0 Å². The summed E-state index contributed by atoms with van der Waals surface area (Å²) in [6.07, 6.45) is 3.99. The summed E-state index contributed by atoms with van der Waals surface area (Å²) in [7, 11) is 4.63. The second kappa shape index (κ2) is 11.9. The van der Waals surface area contributed by atoms with Crippen molar-refractivity contribution in [2.45, 2.75) is 44.3 Å². The van der Waals surface area contributed by atoms with Crippen LogP contribution < -0.4 is 14.8 Å². The van der Waals surface area contributed by atoms with Gasteiger partial charge in [-0.15, -0.1) is 5.10 Å². The zero-order chi connectivity index (χ0) is 25.5. The Morgan fingerprint density at radius 3 is 2.58 bits per heavy atom. The molecule has 0 bridgehead atoms. The van der Waals surface area contributed by atoms with E-state index in [2.05, 4.69) is 15.6 Å². The van der Waals surface area contributed by atoms with E-state index in [1.54, 1.807) is 37.1 Å². The summed E-state index contributed by atoms with van der Waals surface area (Å²) in [5.41, 5.74) is 1.97. The summed E-state index contributed by atoms with van der Waals surface area (Å²) in [6.45, 7) is 0.373. The molecule has 1 heterocycles. The van der Waals surface area contributed by atoms with Gasteiger partial charge in [0.2, 0.25) is 11.8 Å². The SMILES string of the molecule is COCCN(C(=O)Cn1nnc2ccccc21)[C@H](C(=O)NC1CCCC1)c1cccc(OC)c1OC. The number of hydrogen-bond acceptors (Lipinski definition) is 7. The number of carbonyl (C=O) groups is 2. The van der Waals surface area contributed by atoms with Crippen LogP contribution in [0.2, 0.25) is 0 Å². The topological polar surface area (TPSA) is 108 Å². The maximum absolute atomic E-state index is 13.8. The number of hydrogen-bond donors (Lipinski definition) is 1. The van der Waals surface area contributed by atoms with Crippen LogP contribution >= 0.6 is 0 Å². The molecule has 0 saturated heterocycles. The first-order chi connectivity index (χ1) is 17.6. The number of nitrogens with zero attached hydrogens (tertiary/aromatic N) is 4. The molecular weight excluding hydrogens is 462 g/mol. The van der Waals surface area contributed by atoms with Crippen molar-refractivity contribution >= 4 is 22.8 Å². The number of fused-ring (bicyclic) bond motifs is 1. The van der Waals surface area contributed by atoms with Crippen LogP contribution in [-0.4, -0.2) is 72.2 Å². The molecule has 1 aliphatic rings. The maximum Gasteiger partial charge on any atom is 0.247 e. The molecule has 1 aliphatic carbocycles. The molecule has 1 atom stereocenters. The molecule has 1 saturated carbocycles. The number of ether oxygens (including phenoxy) is 3. The third kappa shape index (κ3) is 5.43. The van der Waals surface area contributed by atoms with Gasteiger partial charge >= 0.3 is 0 Å². The molecule has 1 N–H and O–H groups in total. The lowest BCUT2D eigenvalue weighted by Crippen LogP contribution is -2.48. The lowest BCUT2D eigenvalue weighted by Gasteiger charge is -2.33. The van der Waals surface area contributed by atoms with Gasteiger partial charge in [-0.1, -0.05) is 42.3 Å². The molecule has 0 radical (unpaired) electrons. The van der Waals surface area contributed by atoms with Crippen molar-refractivity contribution in [2.75, 3.05) is 34.5 Å². The average molecular weight is 496 g/mol. The zero-order valence-electron chi connectivity index (χ0n) is 21.0. The van der Waals surface area contributed by atoms with E-state index in [0.717, 1.165) is 31.2 Å². The molecule has 0 spiro atoms. The predicted molar refractivity (Wildman–Crippen MR) is 134 cm³/mol. The van der Waals surface area contributed by atoms with E-state index < -0.39 is 6.04 Å². The van der Waals surface area contributed by atoms with Gasteiger partial charge in [0.05, 0.1) is 26.3 Å². The third-order valence-electron chi connectivity index (χ3n) is 6.55. The smallest absolute Gasteiger partial charge is 0.247 e. The van der Waals surface area contributed by atoms with Crippen molar-refractivity contribution in [3.05, 3.63) is 48.0 Å². The van der Waals surface area contributed by atoms with Crippen LogP contribution in [0.5, 0.6) is 11.5 Å². The molecule has 2 aromatic carbocycles. The summed E-state index contributed by atoms with van der Waals surface area (Å²) in [6, 6.07) is 11.9. The van der Waals surface area contributed by atoms with E-state index in [4.69, 9.17) is 14.2 Å². The fourth-order valence-corrected chi connectivity index (χ4v) is 4.77. The Balaban J connectivity index is 1.73. The minimum Gasteiger partial charge on any atom is -0.493 e. The number of amides is 2. The van der Waals surface area contributed by atoms with Gasteiger partial charge in [0.1, 0.15) is 18.1 Å². The molecule has 2 amide bonds. The zero-order valence-corrected chi connectivity index (χ0v) is 21.0. The molecule has 1 aromatic heterocycles. The number of para-hydroxylation sites is 2. The average Bonchev–Trinajstić information content (AvgIpc) is 3.56. The van der Waals surface area contributed by atoms with E-state index in [0.29, 0.717) is 22.6 Å². The van der Waals surface area contributed by atoms with Crippen molar-refractivity contribution in [3.8, 4) is 11.5 Å². The largest absolute Gasteiger partial charge is 0.493 e. The Morgan fingerprint density at radius 1 is 1.08 bits per heavy atom. The summed E-state index contributed by atoms with van der Waals surface area (Å²) < 4.78 is 18.0. The van der Waals surface area contributed by atoms with Crippen molar-refractivity contribution in [2.24, 2.45) is 0 Å². The van der Waals surface area contributed by atoms with Crippen molar-refractivity contribution in [1.82, 2.24) is 25.2 Å². The van der Waals surface area contributed by atoms with Crippen molar-refractivity contribution < 1.29 is 23.8 Å². The van der Waals surface area contributed by atoms with E-state index >= 15 is 0 Å². The highest BCUT2D eigenvalue weighted by atomic mass is 16.5. The molecular formula is C26H33N5O5. The van der Waals surface area contributed by atoms with E-state index in [9.17, 15) is 9.59 Å². The Kier molecular flexibility index (Phi) is 8.37. The van der Waals surface area contributed by atoms with Gasteiger partial charge < -0.3 is 24.4 Å². The van der Waals surface area contributed by atoms with Crippen molar-refractivity contribution in [1.29, 1.82) is 0 Å². The molecule has 192 valence electrons. The molecule has 1 fully saturated rings. The molecule has 0 unspecified atom stereocenters. The summed E-state index contributed by atoms with van der Waals surface area (Å²) in [4.78, 5) is 29.1. The minimum absolute atomic E-state index is 0.0789. The highest BCUT2D eigenvalue weighted by Crippen LogP contribution is 2.37. The van der Waals surface area contributed by atoms with Gasteiger partial charge in [0, 0.05) is 25.3 Å². The fraction of sp³-hybridized carbons (Fsp3) is 0.462. The van der Waals surface area contributed by atoms with Crippen LogP contribution in [0, 0.1) is 0 Å². The summed E-state index contributed by atoms with van der Waals surface area (Å²) in [5, 5.41) is 11.5. The van der Waals surface area contributed by atoms with E-state index in [-0.39, 0.29) is 37.6 Å². The Hall–Kier alpha value is -3.66. The summed E-state index contributed by atoms with van der Waals surface area (Å²) >= 11 is 0. The fourth-order valence-electron chi connectivity index (χ4n) is 4.77. The molecule has 0 aliphatic heterocycles. The number of aromatic nitrogens is 3. The number of benzene rings is 2. The van der Waals surface area contributed by atoms with Crippen LogP contribution in [0.3, 0.4) is 0 Å². The minimum atomic E-state index is -0.951. The maximum atomic E-state index is 13.8. The number of methoxy groups -OCH3 is 3.